The predicted molar refractivity (Wildman–Crippen MR) is 250 cm³/mol. The minimum absolute atomic E-state index is 0.0516. The average molecular weight is 816 g/mol. The molecule has 0 aromatic rings. The van der Waals surface area contributed by atoms with Crippen LogP contribution >= 0.6 is 0 Å². The highest BCUT2D eigenvalue weighted by molar-refractivity contribution is 5.77. The summed E-state index contributed by atoms with van der Waals surface area (Å²) >= 11 is 0. The van der Waals surface area contributed by atoms with Crippen LogP contribution in [-0.2, 0) is 14.3 Å². The Bertz CT molecular complexity index is 961. The lowest BCUT2D eigenvalue weighted by Gasteiger charge is -2.24. The van der Waals surface area contributed by atoms with Crippen molar-refractivity contribution in [3.8, 4) is 0 Å². The van der Waals surface area contributed by atoms with Crippen LogP contribution < -0.4 is 5.32 Å². The molecule has 3 atom stereocenters. The minimum Gasteiger partial charge on any atom is -0.462 e. The quantitative estimate of drug-likeness (QED) is 0.0323. The number of hydrogen-bond donors (Lipinski definition) is 3. The fourth-order valence-electron chi connectivity index (χ4n) is 7.60. The Labute approximate surface area is 360 Å². The van der Waals surface area contributed by atoms with Gasteiger partial charge in [-0.15, -0.1) is 0 Å². The van der Waals surface area contributed by atoms with Crippen molar-refractivity contribution in [1.82, 2.24) is 5.32 Å². The number of hydrogen-bond acceptors (Lipinski definition) is 5. The van der Waals surface area contributed by atoms with Crippen molar-refractivity contribution < 1.29 is 24.5 Å². The number of rotatable bonds is 45. The molecule has 0 radical (unpaired) electrons. The van der Waals surface area contributed by atoms with Gasteiger partial charge in [0.2, 0.25) is 5.91 Å². The maximum atomic E-state index is 13.2. The number of unbranched alkanes of at least 4 members (excludes halogenated alkanes) is 27. The summed E-state index contributed by atoms with van der Waals surface area (Å²) in [4.78, 5) is 26.0. The molecule has 0 aromatic carbocycles. The van der Waals surface area contributed by atoms with Crippen LogP contribution in [0.15, 0.2) is 36.5 Å². The zero-order valence-corrected chi connectivity index (χ0v) is 38.7. The van der Waals surface area contributed by atoms with Crippen molar-refractivity contribution in [2.24, 2.45) is 0 Å². The number of amides is 1. The van der Waals surface area contributed by atoms with Crippen LogP contribution in [0.5, 0.6) is 0 Å². The van der Waals surface area contributed by atoms with Gasteiger partial charge in [-0.1, -0.05) is 211 Å². The van der Waals surface area contributed by atoms with E-state index in [1.165, 1.54) is 148 Å². The molecule has 0 saturated carbocycles. The highest BCUT2D eigenvalue weighted by Crippen LogP contribution is 2.17. The van der Waals surface area contributed by atoms with Gasteiger partial charge in [0.1, 0.15) is 6.10 Å². The summed E-state index contributed by atoms with van der Waals surface area (Å²) in [7, 11) is 0. The Balaban J connectivity index is 4.64. The van der Waals surface area contributed by atoms with Crippen molar-refractivity contribution in [3.63, 3.8) is 0 Å². The molecule has 0 fully saturated rings. The third-order valence-electron chi connectivity index (χ3n) is 11.5. The Morgan fingerprint density at radius 2 is 0.879 bits per heavy atom. The molecule has 0 rings (SSSR count). The molecule has 0 bridgehead atoms. The van der Waals surface area contributed by atoms with Crippen molar-refractivity contribution in [2.75, 3.05) is 6.61 Å². The van der Waals surface area contributed by atoms with Crippen LogP contribution in [0.1, 0.15) is 258 Å². The smallest absolute Gasteiger partial charge is 0.306 e. The number of carbonyl (C=O) groups is 2. The molecule has 3 N–H and O–H groups in total. The minimum atomic E-state index is -0.796. The van der Waals surface area contributed by atoms with Gasteiger partial charge in [-0.3, -0.25) is 9.59 Å². The number of aliphatic hydroxyl groups excluding tert-OH is 2. The van der Waals surface area contributed by atoms with Crippen molar-refractivity contribution in [2.45, 2.75) is 277 Å². The maximum absolute atomic E-state index is 13.2. The predicted octanol–water partition coefficient (Wildman–Crippen LogP) is 14.9. The van der Waals surface area contributed by atoms with Gasteiger partial charge in [0.25, 0.3) is 0 Å². The molecule has 0 aromatic heterocycles. The molecule has 0 aliphatic rings. The molecule has 340 valence electrons. The summed E-state index contributed by atoms with van der Waals surface area (Å²) in [5.74, 6) is -0.556. The SMILES string of the molecule is CCCCCC/C=C\CCCCCCCC(CC(=O)NC(CO)C(O)CCCCCCCCCCCCCCC)OC(=O)CC/C=C/C/C=C\CCCCCCCC. The fraction of sp³-hybridized carbons (Fsp3) is 0.846. The van der Waals surface area contributed by atoms with E-state index in [9.17, 15) is 19.8 Å². The normalized spacial score (nSPS) is 13.5. The molecule has 0 aliphatic heterocycles. The Hall–Kier alpha value is -1.92. The molecule has 58 heavy (non-hydrogen) atoms. The number of nitrogens with one attached hydrogen (secondary N) is 1. The number of esters is 1. The number of aliphatic hydroxyl groups is 2. The van der Waals surface area contributed by atoms with Gasteiger partial charge >= 0.3 is 5.97 Å². The van der Waals surface area contributed by atoms with E-state index in [1.54, 1.807) is 0 Å². The topological polar surface area (TPSA) is 95.9 Å². The van der Waals surface area contributed by atoms with Gasteiger partial charge in [-0.05, 0) is 70.6 Å². The second-order valence-electron chi connectivity index (χ2n) is 17.2. The zero-order valence-electron chi connectivity index (χ0n) is 38.7. The van der Waals surface area contributed by atoms with Crippen LogP contribution in [0.3, 0.4) is 0 Å². The van der Waals surface area contributed by atoms with Crippen LogP contribution in [0.25, 0.3) is 0 Å². The van der Waals surface area contributed by atoms with Gasteiger partial charge in [-0.25, -0.2) is 0 Å². The molecule has 0 saturated heterocycles. The zero-order chi connectivity index (χ0) is 42.4. The van der Waals surface area contributed by atoms with Crippen LogP contribution in [0.2, 0.25) is 0 Å². The van der Waals surface area contributed by atoms with E-state index < -0.39 is 18.2 Å². The van der Waals surface area contributed by atoms with Crippen molar-refractivity contribution >= 4 is 11.9 Å². The Kier molecular flexibility index (Phi) is 44.6. The fourth-order valence-corrected chi connectivity index (χ4v) is 7.60. The summed E-state index contributed by atoms with van der Waals surface area (Å²) in [5, 5.41) is 23.7. The first-order valence-corrected chi connectivity index (χ1v) is 25.2. The first-order valence-electron chi connectivity index (χ1n) is 25.2. The largest absolute Gasteiger partial charge is 0.462 e. The molecular weight excluding hydrogens is 719 g/mol. The molecule has 3 unspecified atom stereocenters. The van der Waals surface area contributed by atoms with Crippen LogP contribution in [-0.4, -0.2) is 46.9 Å². The maximum Gasteiger partial charge on any atom is 0.306 e. The van der Waals surface area contributed by atoms with E-state index in [-0.39, 0.29) is 24.9 Å². The lowest BCUT2D eigenvalue weighted by molar-refractivity contribution is -0.150. The monoisotopic (exact) mass is 816 g/mol. The molecule has 6 heteroatoms. The summed E-state index contributed by atoms with van der Waals surface area (Å²) in [6.07, 6.45) is 53.5. The molecule has 6 nitrogen and oxygen atoms in total. The second kappa shape index (κ2) is 46.2. The van der Waals surface area contributed by atoms with Gasteiger partial charge < -0.3 is 20.3 Å². The van der Waals surface area contributed by atoms with Crippen molar-refractivity contribution in [3.05, 3.63) is 36.5 Å². The third-order valence-corrected chi connectivity index (χ3v) is 11.5. The highest BCUT2D eigenvalue weighted by atomic mass is 16.5. The molecule has 0 aliphatic carbocycles. The first kappa shape index (κ1) is 56.1. The first-order chi connectivity index (χ1) is 28.5. The lowest BCUT2D eigenvalue weighted by Crippen LogP contribution is -2.46. The van der Waals surface area contributed by atoms with E-state index >= 15 is 0 Å². The van der Waals surface area contributed by atoms with Gasteiger partial charge in [0.15, 0.2) is 0 Å². The molecular formula is C52H97NO5. The Morgan fingerprint density at radius 1 is 0.500 bits per heavy atom. The van der Waals surface area contributed by atoms with Crippen LogP contribution in [0, 0.1) is 0 Å². The van der Waals surface area contributed by atoms with E-state index in [1.807, 2.05) is 6.08 Å². The summed E-state index contributed by atoms with van der Waals surface area (Å²) in [5.41, 5.74) is 0. The summed E-state index contributed by atoms with van der Waals surface area (Å²) < 4.78 is 5.88. The average Bonchev–Trinajstić information content (AvgIpc) is 3.22. The molecule has 1 amide bonds. The van der Waals surface area contributed by atoms with Crippen LogP contribution in [0.4, 0.5) is 0 Å². The Morgan fingerprint density at radius 3 is 1.34 bits per heavy atom. The number of ether oxygens (including phenoxy) is 1. The highest BCUT2D eigenvalue weighted by Gasteiger charge is 2.24. The second-order valence-corrected chi connectivity index (χ2v) is 17.2. The summed E-state index contributed by atoms with van der Waals surface area (Å²) in [6.45, 7) is 6.45. The third kappa shape index (κ3) is 40.8. The van der Waals surface area contributed by atoms with E-state index in [2.05, 4.69) is 56.5 Å². The molecule has 0 heterocycles. The van der Waals surface area contributed by atoms with E-state index in [0.29, 0.717) is 25.7 Å². The molecule has 0 spiro atoms. The summed E-state index contributed by atoms with van der Waals surface area (Å²) in [6, 6.07) is -0.712. The number of carbonyl (C=O) groups excluding carboxylic acids is 2. The number of allylic oxidation sites excluding steroid dienone is 6. The van der Waals surface area contributed by atoms with Crippen molar-refractivity contribution in [1.29, 1.82) is 0 Å². The van der Waals surface area contributed by atoms with E-state index in [0.717, 1.165) is 57.8 Å². The lowest BCUT2D eigenvalue weighted by atomic mass is 10.0. The standard InChI is InChI=1S/C52H97NO5/c1-4-7-10-13-16-19-22-25-28-31-34-37-40-43-48(58-52(57)45-42-39-36-33-30-27-24-21-18-15-12-9-6-3)46-51(56)53-49(47-54)50(55)44-41-38-35-32-29-26-23-20-17-14-11-8-5-2/h19,22,27,30,36,39,48-50,54-55H,4-18,20-21,23-26,28-29,31-35,37-38,40-47H2,1-3H3,(H,53,56)/b22-19-,30-27-,39-36+. The van der Waals surface area contributed by atoms with Gasteiger partial charge in [-0.2, -0.15) is 0 Å². The van der Waals surface area contributed by atoms with E-state index in [4.69, 9.17) is 4.74 Å². The van der Waals surface area contributed by atoms with Gasteiger partial charge in [0.05, 0.1) is 25.2 Å². The van der Waals surface area contributed by atoms with Gasteiger partial charge in [0, 0.05) is 6.42 Å².